The topological polar surface area (TPSA) is 198 Å². The van der Waals surface area contributed by atoms with Crippen LogP contribution < -0.4 is 32.3 Å². The molecule has 1 rings (SSSR count). The maximum atomic E-state index is 13.2. The maximum Gasteiger partial charge on any atom is 0.312 e. The van der Waals surface area contributed by atoms with Crippen molar-refractivity contribution in [2.75, 3.05) is 23.7 Å². The van der Waals surface area contributed by atoms with Crippen LogP contribution in [0.2, 0.25) is 0 Å². The number of amides is 6. The number of unbranched alkanes of at least 4 members (excludes halogenated alkanes) is 2. The van der Waals surface area contributed by atoms with Crippen LogP contribution in [-0.4, -0.2) is 66.1 Å². The monoisotopic (exact) mass is 654 g/mol. The lowest BCUT2D eigenvalue weighted by atomic mass is 10.0. The molecule has 234 valence electrons. The van der Waals surface area contributed by atoms with Crippen LogP contribution in [0.4, 0.5) is 10.5 Å². The largest absolute Gasteiger partial charge is 0.461 e. The van der Waals surface area contributed by atoms with Gasteiger partial charge in [-0.05, 0) is 49.3 Å². The second-order valence-corrected chi connectivity index (χ2v) is 10.6. The highest BCUT2D eigenvalue weighted by atomic mass is 79.9. The fraction of sp³-hybridized carbons (Fsp3) is 0.571. The van der Waals surface area contributed by atoms with Gasteiger partial charge in [0.25, 0.3) is 0 Å². The number of urea groups is 1. The standard InChI is InChI=1S/C28H43BrN6O7/c1-18(2)25(35-23(37)9-5-4-6-14-31-24(38)16-29)27(40)34-22(8-7-15-32-28(30)41)26(39)33-21-12-10-20(11-13-21)17-42-19(3)36/h10-13,18,22,25H,4-9,14-17H2,1-3H3,(H,31,38)(H,33,39)(H,34,40)(H,35,37)(H3,30,32,41). The average Bonchev–Trinajstić information content (AvgIpc) is 2.94. The molecule has 0 fully saturated rings. The van der Waals surface area contributed by atoms with E-state index in [4.69, 9.17) is 10.5 Å². The van der Waals surface area contributed by atoms with Crippen molar-refractivity contribution < 1.29 is 33.5 Å². The minimum atomic E-state index is -0.958. The lowest BCUT2D eigenvalue weighted by molar-refractivity contribution is -0.142. The molecule has 0 heterocycles. The molecule has 0 saturated carbocycles. The molecule has 0 aromatic heterocycles. The van der Waals surface area contributed by atoms with Crippen molar-refractivity contribution >= 4 is 57.2 Å². The van der Waals surface area contributed by atoms with Gasteiger partial charge >= 0.3 is 12.0 Å². The molecule has 13 nitrogen and oxygen atoms in total. The number of esters is 1. The second-order valence-electron chi connectivity index (χ2n) is 10.0. The number of rotatable bonds is 19. The van der Waals surface area contributed by atoms with E-state index in [1.54, 1.807) is 38.1 Å². The summed E-state index contributed by atoms with van der Waals surface area (Å²) in [6.45, 7) is 5.74. The zero-order chi connectivity index (χ0) is 31.5. The van der Waals surface area contributed by atoms with E-state index >= 15 is 0 Å². The summed E-state index contributed by atoms with van der Waals surface area (Å²) in [7, 11) is 0. The number of hydrogen-bond acceptors (Lipinski definition) is 7. The van der Waals surface area contributed by atoms with Gasteiger partial charge in [0.15, 0.2) is 0 Å². The van der Waals surface area contributed by atoms with Crippen LogP contribution in [0.1, 0.15) is 64.9 Å². The highest BCUT2D eigenvalue weighted by Crippen LogP contribution is 2.13. The van der Waals surface area contributed by atoms with Gasteiger partial charge in [-0.25, -0.2) is 4.79 Å². The number of benzene rings is 1. The van der Waals surface area contributed by atoms with Crippen LogP contribution >= 0.6 is 15.9 Å². The van der Waals surface area contributed by atoms with E-state index in [-0.39, 0.29) is 49.1 Å². The Morgan fingerprint density at radius 3 is 2.12 bits per heavy atom. The highest BCUT2D eigenvalue weighted by Gasteiger charge is 2.28. The quantitative estimate of drug-likeness (QED) is 0.0742. The van der Waals surface area contributed by atoms with Gasteiger partial charge in [0.2, 0.25) is 23.6 Å². The second kappa shape index (κ2) is 20.2. The Morgan fingerprint density at radius 1 is 0.857 bits per heavy atom. The van der Waals surface area contributed by atoms with E-state index in [0.29, 0.717) is 25.1 Å². The zero-order valence-corrected chi connectivity index (χ0v) is 26.0. The Morgan fingerprint density at radius 2 is 1.52 bits per heavy atom. The van der Waals surface area contributed by atoms with Crippen molar-refractivity contribution in [3.05, 3.63) is 29.8 Å². The van der Waals surface area contributed by atoms with Crippen molar-refractivity contribution in [1.82, 2.24) is 21.3 Å². The SMILES string of the molecule is CC(=O)OCc1ccc(NC(=O)C(CCCNC(N)=O)NC(=O)C(NC(=O)CCCCCNC(=O)CBr)C(C)C)cc1. The van der Waals surface area contributed by atoms with Crippen LogP contribution in [0.3, 0.4) is 0 Å². The number of nitrogens with two attached hydrogens (primary N) is 1. The summed E-state index contributed by atoms with van der Waals surface area (Å²) in [6.07, 6.45) is 2.85. The van der Waals surface area contributed by atoms with Gasteiger partial charge in [0.05, 0.1) is 5.33 Å². The van der Waals surface area contributed by atoms with E-state index in [9.17, 15) is 28.8 Å². The first-order valence-corrected chi connectivity index (χ1v) is 15.0. The van der Waals surface area contributed by atoms with Crippen molar-refractivity contribution in [2.45, 2.75) is 78.0 Å². The number of primary amides is 1. The normalized spacial score (nSPS) is 12.0. The number of halogens is 1. The molecule has 0 aliphatic carbocycles. The van der Waals surface area contributed by atoms with Gasteiger partial charge in [-0.3, -0.25) is 24.0 Å². The van der Waals surface area contributed by atoms with Gasteiger partial charge in [-0.15, -0.1) is 0 Å². The minimum absolute atomic E-state index is 0.0937. The Labute approximate surface area is 254 Å². The molecule has 1 aromatic rings. The first kappa shape index (κ1) is 36.3. The van der Waals surface area contributed by atoms with Crippen LogP contribution in [-0.2, 0) is 35.3 Å². The Bertz CT molecular complexity index is 1050. The van der Waals surface area contributed by atoms with Crippen LogP contribution in [0.25, 0.3) is 0 Å². The van der Waals surface area contributed by atoms with Crippen molar-refractivity contribution in [1.29, 1.82) is 0 Å². The molecule has 6 amide bonds. The highest BCUT2D eigenvalue weighted by molar-refractivity contribution is 9.09. The minimum Gasteiger partial charge on any atom is -0.461 e. The number of alkyl halides is 1. The third kappa shape index (κ3) is 15.9. The van der Waals surface area contributed by atoms with E-state index in [1.807, 2.05) is 0 Å². The van der Waals surface area contributed by atoms with Gasteiger partial charge in [-0.1, -0.05) is 48.3 Å². The third-order valence-electron chi connectivity index (χ3n) is 6.06. The van der Waals surface area contributed by atoms with E-state index < -0.39 is 35.9 Å². The fourth-order valence-electron chi connectivity index (χ4n) is 3.79. The molecule has 2 atom stereocenters. The molecule has 42 heavy (non-hydrogen) atoms. The van der Waals surface area contributed by atoms with E-state index in [1.165, 1.54) is 6.92 Å². The summed E-state index contributed by atoms with van der Waals surface area (Å²) in [6, 6.07) is 4.18. The van der Waals surface area contributed by atoms with Gasteiger partial charge in [0.1, 0.15) is 18.7 Å². The zero-order valence-electron chi connectivity index (χ0n) is 24.4. The predicted octanol–water partition coefficient (Wildman–Crippen LogP) is 1.83. The van der Waals surface area contributed by atoms with Crippen LogP contribution in [0.15, 0.2) is 24.3 Å². The summed E-state index contributed by atoms with van der Waals surface area (Å²) in [5.41, 5.74) is 6.32. The third-order valence-corrected chi connectivity index (χ3v) is 6.56. The average molecular weight is 656 g/mol. The van der Waals surface area contributed by atoms with Crippen molar-refractivity contribution in [2.24, 2.45) is 11.7 Å². The molecule has 0 spiro atoms. The molecule has 0 aliphatic rings. The summed E-state index contributed by atoms with van der Waals surface area (Å²) in [5, 5.41) is 13.7. The lowest BCUT2D eigenvalue weighted by Gasteiger charge is -2.25. The molecule has 0 bridgehead atoms. The number of nitrogens with one attached hydrogen (secondary N) is 5. The van der Waals surface area contributed by atoms with Crippen molar-refractivity contribution in [3.8, 4) is 0 Å². The lowest BCUT2D eigenvalue weighted by Crippen LogP contribution is -2.54. The number of carbonyl (C=O) groups is 6. The molecule has 0 saturated heterocycles. The van der Waals surface area contributed by atoms with Crippen LogP contribution in [0.5, 0.6) is 0 Å². The smallest absolute Gasteiger partial charge is 0.312 e. The fourth-order valence-corrected chi connectivity index (χ4v) is 3.99. The van der Waals surface area contributed by atoms with E-state index in [0.717, 1.165) is 18.4 Å². The molecule has 7 N–H and O–H groups in total. The predicted molar refractivity (Wildman–Crippen MR) is 161 cm³/mol. The first-order valence-electron chi connectivity index (χ1n) is 13.9. The molecule has 1 aromatic carbocycles. The summed E-state index contributed by atoms with van der Waals surface area (Å²) in [4.78, 5) is 72.2. The Hall–Kier alpha value is -3.68. The Balaban J connectivity index is 2.77. The van der Waals surface area contributed by atoms with Gasteiger partial charge in [-0.2, -0.15) is 0 Å². The van der Waals surface area contributed by atoms with Gasteiger partial charge < -0.3 is 37.1 Å². The number of carbonyl (C=O) groups excluding carboxylic acids is 6. The van der Waals surface area contributed by atoms with E-state index in [2.05, 4.69) is 42.5 Å². The van der Waals surface area contributed by atoms with Gasteiger partial charge in [0, 0.05) is 32.1 Å². The van der Waals surface area contributed by atoms with Crippen LogP contribution in [0, 0.1) is 5.92 Å². The molecule has 14 heteroatoms. The summed E-state index contributed by atoms with van der Waals surface area (Å²) in [5.74, 6) is -2.01. The first-order chi connectivity index (χ1) is 19.9. The summed E-state index contributed by atoms with van der Waals surface area (Å²) < 4.78 is 4.96. The Kier molecular flexibility index (Phi) is 17.5. The molecule has 0 radical (unpaired) electrons. The number of anilines is 1. The molecule has 0 aliphatic heterocycles. The number of ether oxygens (including phenoxy) is 1. The number of hydrogen-bond donors (Lipinski definition) is 6. The summed E-state index contributed by atoms with van der Waals surface area (Å²) >= 11 is 3.08. The molecular formula is C28H43BrN6O7. The molecular weight excluding hydrogens is 612 g/mol. The molecule has 2 unspecified atom stereocenters. The maximum absolute atomic E-state index is 13.2. The van der Waals surface area contributed by atoms with Crippen molar-refractivity contribution in [3.63, 3.8) is 0 Å².